The van der Waals surface area contributed by atoms with Crippen molar-refractivity contribution in [2.45, 2.75) is 30.8 Å². The van der Waals surface area contributed by atoms with Gasteiger partial charge in [-0.2, -0.15) is 0 Å². The Morgan fingerprint density at radius 1 is 0.971 bits per heavy atom. The molecule has 0 spiro atoms. The first kappa shape index (κ1) is 23.1. The van der Waals surface area contributed by atoms with E-state index < -0.39 is 0 Å². The molecule has 0 unspecified atom stereocenters. The highest BCUT2D eigenvalue weighted by Gasteiger charge is 2.49. The average molecular weight is 467 g/mol. The van der Waals surface area contributed by atoms with E-state index in [2.05, 4.69) is 39.2 Å². The molecule has 1 aromatic heterocycles. The SMILES string of the molecule is O=C(Nc1ccccc1)N1CCCCN2[C@H](C1)[C@@H](c1ccc(C#Cc3cccnc3)cc1)[C@@H]2CO. The van der Waals surface area contributed by atoms with E-state index in [0.717, 1.165) is 42.7 Å². The third-order valence-electron chi connectivity index (χ3n) is 6.99. The number of aliphatic hydroxyl groups excluding tert-OH is 1. The second-order valence-electron chi connectivity index (χ2n) is 9.14. The molecule has 0 saturated carbocycles. The molecule has 178 valence electrons. The van der Waals surface area contributed by atoms with E-state index in [-0.39, 0.29) is 30.6 Å². The number of benzene rings is 2. The molecule has 2 saturated heterocycles. The first-order valence-electron chi connectivity index (χ1n) is 12.2. The van der Waals surface area contributed by atoms with E-state index in [1.54, 1.807) is 12.4 Å². The van der Waals surface area contributed by atoms with Gasteiger partial charge in [0.1, 0.15) is 0 Å². The summed E-state index contributed by atoms with van der Waals surface area (Å²) in [6.07, 6.45) is 5.46. The highest BCUT2D eigenvalue weighted by molar-refractivity contribution is 5.89. The van der Waals surface area contributed by atoms with Crippen molar-refractivity contribution in [1.82, 2.24) is 14.8 Å². The van der Waals surface area contributed by atoms with Crippen LogP contribution >= 0.6 is 0 Å². The van der Waals surface area contributed by atoms with Gasteiger partial charge in [0, 0.05) is 60.3 Å². The van der Waals surface area contributed by atoms with Crippen LogP contribution in [0, 0.1) is 11.8 Å². The predicted molar refractivity (Wildman–Crippen MR) is 137 cm³/mol. The van der Waals surface area contributed by atoms with Crippen LogP contribution in [-0.2, 0) is 0 Å². The number of amides is 2. The number of pyridine rings is 1. The molecular weight excluding hydrogens is 436 g/mol. The van der Waals surface area contributed by atoms with Crippen molar-refractivity contribution < 1.29 is 9.90 Å². The van der Waals surface area contributed by atoms with Crippen LogP contribution in [0.25, 0.3) is 0 Å². The fourth-order valence-corrected chi connectivity index (χ4v) is 5.22. The Balaban J connectivity index is 1.32. The van der Waals surface area contributed by atoms with Crippen molar-refractivity contribution in [3.05, 3.63) is 95.8 Å². The molecule has 0 aliphatic carbocycles. The summed E-state index contributed by atoms with van der Waals surface area (Å²) in [7, 11) is 0. The Kier molecular flexibility index (Phi) is 7.08. The van der Waals surface area contributed by atoms with Crippen LogP contribution in [0.3, 0.4) is 0 Å². The lowest BCUT2D eigenvalue weighted by Crippen LogP contribution is -2.68. The maximum Gasteiger partial charge on any atom is 0.321 e. The van der Waals surface area contributed by atoms with E-state index in [4.69, 9.17) is 0 Å². The summed E-state index contributed by atoms with van der Waals surface area (Å²) in [4.78, 5) is 21.5. The molecule has 5 rings (SSSR count). The highest BCUT2D eigenvalue weighted by atomic mass is 16.3. The molecule has 2 amide bonds. The number of aromatic nitrogens is 1. The van der Waals surface area contributed by atoms with Crippen molar-refractivity contribution in [3.63, 3.8) is 0 Å². The predicted octanol–water partition coefficient (Wildman–Crippen LogP) is 3.94. The van der Waals surface area contributed by atoms with Gasteiger partial charge in [-0.15, -0.1) is 0 Å². The first-order chi connectivity index (χ1) is 17.2. The van der Waals surface area contributed by atoms with Gasteiger partial charge < -0.3 is 15.3 Å². The first-order valence-corrected chi connectivity index (χ1v) is 12.2. The van der Waals surface area contributed by atoms with Gasteiger partial charge in [0.2, 0.25) is 0 Å². The summed E-state index contributed by atoms with van der Waals surface area (Å²) >= 11 is 0. The normalized spacial score (nSPS) is 22.0. The van der Waals surface area contributed by atoms with Crippen molar-refractivity contribution >= 4 is 11.7 Å². The van der Waals surface area contributed by atoms with Crippen LogP contribution in [0.5, 0.6) is 0 Å². The van der Waals surface area contributed by atoms with Gasteiger partial charge in [0.15, 0.2) is 0 Å². The van der Waals surface area contributed by atoms with E-state index in [9.17, 15) is 9.90 Å². The summed E-state index contributed by atoms with van der Waals surface area (Å²) in [6, 6.07) is 21.9. The van der Waals surface area contributed by atoms with Crippen LogP contribution in [0.15, 0.2) is 79.1 Å². The Hall–Kier alpha value is -3.66. The minimum absolute atomic E-state index is 0.0646. The van der Waals surface area contributed by atoms with E-state index in [1.165, 1.54) is 5.56 Å². The summed E-state index contributed by atoms with van der Waals surface area (Å²) in [6.45, 7) is 2.44. The fraction of sp³-hybridized carbons (Fsp3) is 0.310. The number of hydrogen-bond acceptors (Lipinski definition) is 4. The molecule has 2 N–H and O–H groups in total. The summed E-state index contributed by atoms with van der Waals surface area (Å²) in [5.74, 6) is 6.51. The topological polar surface area (TPSA) is 68.7 Å². The minimum Gasteiger partial charge on any atom is -0.395 e. The largest absolute Gasteiger partial charge is 0.395 e. The molecule has 3 aromatic rings. The Morgan fingerprint density at radius 3 is 2.49 bits per heavy atom. The minimum atomic E-state index is -0.0646. The van der Waals surface area contributed by atoms with Gasteiger partial charge in [-0.25, -0.2) is 4.79 Å². The smallest absolute Gasteiger partial charge is 0.321 e. The van der Waals surface area contributed by atoms with Crippen LogP contribution in [0.1, 0.15) is 35.4 Å². The van der Waals surface area contributed by atoms with Crippen molar-refractivity contribution in [3.8, 4) is 11.8 Å². The Labute approximate surface area is 206 Å². The lowest BCUT2D eigenvalue weighted by atomic mass is 9.74. The average Bonchev–Trinajstić information content (AvgIpc) is 2.88. The number of aliphatic hydroxyl groups is 1. The molecule has 2 fully saturated rings. The number of fused-ring (bicyclic) bond motifs is 1. The van der Waals surface area contributed by atoms with Crippen LogP contribution in [-0.4, -0.2) is 64.2 Å². The maximum absolute atomic E-state index is 13.1. The number of rotatable bonds is 3. The zero-order valence-electron chi connectivity index (χ0n) is 19.7. The highest BCUT2D eigenvalue weighted by Crippen LogP contribution is 2.42. The number of nitrogens with zero attached hydrogens (tertiary/aromatic N) is 3. The maximum atomic E-state index is 13.1. The fourth-order valence-electron chi connectivity index (χ4n) is 5.22. The van der Waals surface area contributed by atoms with Crippen LogP contribution < -0.4 is 5.32 Å². The van der Waals surface area contributed by atoms with Gasteiger partial charge >= 0.3 is 6.03 Å². The molecule has 2 aromatic carbocycles. The van der Waals surface area contributed by atoms with Crippen molar-refractivity contribution in [1.29, 1.82) is 0 Å². The van der Waals surface area contributed by atoms with E-state index in [0.29, 0.717) is 6.54 Å². The number of carbonyl (C=O) groups is 1. The van der Waals surface area contributed by atoms with Crippen LogP contribution in [0.2, 0.25) is 0 Å². The third-order valence-corrected chi connectivity index (χ3v) is 6.99. The molecule has 0 bridgehead atoms. The van der Waals surface area contributed by atoms with Crippen molar-refractivity contribution in [2.24, 2.45) is 0 Å². The molecule has 6 heteroatoms. The molecule has 6 nitrogen and oxygen atoms in total. The van der Waals surface area contributed by atoms with E-state index >= 15 is 0 Å². The molecule has 3 atom stereocenters. The third kappa shape index (κ3) is 5.22. The number of nitrogens with one attached hydrogen (secondary N) is 1. The zero-order chi connectivity index (χ0) is 24.0. The quantitative estimate of drug-likeness (QED) is 0.574. The molecule has 3 heterocycles. The second kappa shape index (κ2) is 10.7. The monoisotopic (exact) mass is 466 g/mol. The number of anilines is 1. The number of urea groups is 1. The van der Waals surface area contributed by atoms with Gasteiger partial charge in [-0.1, -0.05) is 42.2 Å². The van der Waals surface area contributed by atoms with Gasteiger partial charge in [0.25, 0.3) is 0 Å². The second-order valence-corrected chi connectivity index (χ2v) is 9.14. The summed E-state index contributed by atoms with van der Waals surface area (Å²) in [5.41, 5.74) is 3.81. The summed E-state index contributed by atoms with van der Waals surface area (Å²) in [5, 5.41) is 13.2. The van der Waals surface area contributed by atoms with Gasteiger partial charge in [0.05, 0.1) is 6.61 Å². The Morgan fingerprint density at radius 2 is 1.74 bits per heavy atom. The molecule has 2 aliphatic rings. The Bertz CT molecular complexity index is 1190. The number of carbonyl (C=O) groups excluding carboxylic acids is 1. The number of para-hydroxylation sites is 1. The standard InChI is InChI=1S/C29H30N4O2/c34-21-27-28(24-14-12-22(13-15-24)10-11-23-7-6-16-30-19-23)26-20-32(17-4-5-18-33(26)27)29(35)31-25-8-2-1-3-9-25/h1-3,6-9,12-16,19,26-28,34H,4-5,17-18,20-21H2,(H,31,35)/t26-,27+,28-/m1/s1. The van der Waals surface area contributed by atoms with Gasteiger partial charge in [-0.05, 0) is 61.3 Å². The lowest BCUT2D eigenvalue weighted by Gasteiger charge is -2.57. The van der Waals surface area contributed by atoms with Crippen molar-refractivity contribution in [2.75, 3.05) is 31.6 Å². The van der Waals surface area contributed by atoms with Gasteiger partial charge in [-0.3, -0.25) is 9.88 Å². The van der Waals surface area contributed by atoms with E-state index in [1.807, 2.05) is 59.5 Å². The number of hydrogen-bond donors (Lipinski definition) is 2. The molecular formula is C29H30N4O2. The molecule has 2 aliphatic heterocycles. The molecule has 0 radical (unpaired) electrons. The van der Waals surface area contributed by atoms with Crippen LogP contribution in [0.4, 0.5) is 10.5 Å². The zero-order valence-corrected chi connectivity index (χ0v) is 19.7. The molecule has 35 heavy (non-hydrogen) atoms. The summed E-state index contributed by atoms with van der Waals surface area (Å²) < 4.78 is 0. The lowest BCUT2D eigenvalue weighted by molar-refractivity contribution is -0.0585.